The number of amides is 1. The average molecular weight is 353 g/mol. The Labute approximate surface area is 149 Å². The van der Waals surface area contributed by atoms with E-state index in [4.69, 9.17) is 4.42 Å². The monoisotopic (exact) mass is 353 g/mol. The zero-order valence-corrected chi connectivity index (χ0v) is 14.2. The van der Waals surface area contributed by atoms with E-state index in [1.807, 2.05) is 42.5 Å². The van der Waals surface area contributed by atoms with E-state index >= 15 is 0 Å². The summed E-state index contributed by atoms with van der Waals surface area (Å²) in [6, 6.07) is 17.9. The van der Waals surface area contributed by atoms with Crippen molar-refractivity contribution >= 4 is 23.4 Å². The molecule has 126 valence electrons. The van der Waals surface area contributed by atoms with Crippen LogP contribution in [-0.4, -0.2) is 5.91 Å². The van der Waals surface area contributed by atoms with Crippen molar-refractivity contribution in [3.63, 3.8) is 0 Å². The summed E-state index contributed by atoms with van der Waals surface area (Å²) in [5, 5.41) is -0.0684. The fourth-order valence-electron chi connectivity index (χ4n) is 3.00. The lowest BCUT2D eigenvalue weighted by Gasteiger charge is -2.22. The molecule has 3 nitrogen and oxygen atoms in total. The number of anilines is 1. The van der Waals surface area contributed by atoms with Gasteiger partial charge in [0.15, 0.2) is 0 Å². The molecule has 1 unspecified atom stereocenters. The fraction of sp³-hybridized carbons (Fsp3) is 0.150. The zero-order chi connectivity index (χ0) is 17.2. The number of hydrogen-bond donors (Lipinski definition) is 0. The van der Waals surface area contributed by atoms with E-state index in [1.165, 1.54) is 12.1 Å². The van der Waals surface area contributed by atoms with Crippen LogP contribution in [0.25, 0.3) is 0 Å². The highest BCUT2D eigenvalue weighted by atomic mass is 32.2. The first-order chi connectivity index (χ1) is 12.2. The number of para-hydroxylation sites is 1. The maximum Gasteiger partial charge on any atom is 0.228 e. The molecule has 1 aliphatic heterocycles. The van der Waals surface area contributed by atoms with Crippen LogP contribution in [-0.2, 0) is 11.3 Å². The van der Waals surface area contributed by atoms with Gasteiger partial charge >= 0.3 is 0 Å². The lowest BCUT2D eigenvalue weighted by Crippen LogP contribution is -2.30. The molecule has 0 N–H and O–H groups in total. The Morgan fingerprint density at radius 2 is 2.00 bits per heavy atom. The van der Waals surface area contributed by atoms with Crippen LogP contribution in [0.3, 0.4) is 0 Å². The minimum atomic E-state index is -0.295. The molecule has 5 heteroatoms. The molecule has 0 spiro atoms. The first kappa shape index (κ1) is 16.0. The Morgan fingerprint density at radius 1 is 1.12 bits per heavy atom. The molecule has 1 amide bonds. The third-order valence-electron chi connectivity index (χ3n) is 4.18. The van der Waals surface area contributed by atoms with Crippen molar-refractivity contribution in [1.82, 2.24) is 0 Å². The van der Waals surface area contributed by atoms with Gasteiger partial charge in [-0.05, 0) is 42.0 Å². The summed E-state index contributed by atoms with van der Waals surface area (Å²) < 4.78 is 19.0. The number of benzene rings is 2. The van der Waals surface area contributed by atoms with Gasteiger partial charge in [0, 0.05) is 11.3 Å². The number of hydrogen-bond acceptors (Lipinski definition) is 3. The van der Waals surface area contributed by atoms with Crippen LogP contribution >= 0.6 is 11.8 Å². The van der Waals surface area contributed by atoms with Gasteiger partial charge < -0.3 is 9.32 Å². The molecule has 1 aromatic heterocycles. The van der Waals surface area contributed by atoms with Crippen LogP contribution < -0.4 is 4.90 Å². The number of carbonyl (C=O) groups is 1. The lowest BCUT2D eigenvalue weighted by molar-refractivity contribution is -0.118. The number of carbonyl (C=O) groups excluding carboxylic acids is 1. The molecule has 0 aliphatic carbocycles. The van der Waals surface area contributed by atoms with Crippen LogP contribution in [0.5, 0.6) is 0 Å². The second kappa shape index (κ2) is 6.76. The van der Waals surface area contributed by atoms with E-state index in [1.54, 1.807) is 29.0 Å². The molecule has 0 radical (unpaired) electrons. The van der Waals surface area contributed by atoms with Gasteiger partial charge in [-0.15, -0.1) is 11.8 Å². The number of furan rings is 1. The zero-order valence-electron chi connectivity index (χ0n) is 13.4. The van der Waals surface area contributed by atoms with Crippen LogP contribution in [0.15, 0.2) is 76.2 Å². The lowest BCUT2D eigenvalue weighted by atomic mass is 10.1. The van der Waals surface area contributed by atoms with E-state index in [-0.39, 0.29) is 17.0 Å². The summed E-state index contributed by atoms with van der Waals surface area (Å²) in [5.41, 5.74) is 1.63. The van der Waals surface area contributed by atoms with Crippen LogP contribution in [0.2, 0.25) is 0 Å². The minimum Gasteiger partial charge on any atom is -0.468 e. The van der Waals surface area contributed by atoms with Gasteiger partial charge in [0.2, 0.25) is 5.91 Å². The van der Waals surface area contributed by atoms with Crippen molar-refractivity contribution in [3.8, 4) is 0 Å². The molecule has 2 heterocycles. The topological polar surface area (TPSA) is 33.5 Å². The summed E-state index contributed by atoms with van der Waals surface area (Å²) >= 11 is 1.63. The van der Waals surface area contributed by atoms with Gasteiger partial charge in [0.05, 0.1) is 23.7 Å². The van der Waals surface area contributed by atoms with E-state index in [0.717, 1.165) is 21.9 Å². The predicted octanol–water partition coefficient (Wildman–Crippen LogP) is 5.19. The molecule has 0 saturated carbocycles. The van der Waals surface area contributed by atoms with Crippen molar-refractivity contribution in [2.45, 2.75) is 23.1 Å². The maximum atomic E-state index is 13.5. The molecule has 3 aromatic rings. The summed E-state index contributed by atoms with van der Waals surface area (Å²) in [5.74, 6) is 0.500. The van der Waals surface area contributed by atoms with Gasteiger partial charge in [0.1, 0.15) is 11.6 Å². The van der Waals surface area contributed by atoms with Crippen LogP contribution in [0.4, 0.5) is 10.1 Å². The molecule has 0 fully saturated rings. The van der Waals surface area contributed by atoms with Crippen molar-refractivity contribution < 1.29 is 13.6 Å². The predicted molar refractivity (Wildman–Crippen MR) is 96.0 cm³/mol. The molecular weight excluding hydrogens is 337 g/mol. The quantitative estimate of drug-likeness (QED) is 0.650. The normalized spacial score (nSPS) is 17.2. The highest BCUT2D eigenvalue weighted by Gasteiger charge is 2.30. The smallest absolute Gasteiger partial charge is 0.228 e. The van der Waals surface area contributed by atoms with Gasteiger partial charge in [-0.2, -0.15) is 0 Å². The van der Waals surface area contributed by atoms with Gasteiger partial charge in [-0.1, -0.05) is 24.3 Å². The second-order valence-corrected chi connectivity index (χ2v) is 7.15. The third-order valence-corrected chi connectivity index (χ3v) is 5.46. The van der Waals surface area contributed by atoms with Crippen LogP contribution in [0, 0.1) is 5.82 Å². The summed E-state index contributed by atoms with van der Waals surface area (Å²) in [6.07, 6.45) is 1.96. The number of fused-ring (bicyclic) bond motifs is 1. The van der Waals surface area contributed by atoms with Crippen LogP contribution in [0.1, 0.15) is 23.0 Å². The molecule has 0 bridgehead atoms. The maximum absolute atomic E-state index is 13.5. The van der Waals surface area contributed by atoms with E-state index in [0.29, 0.717) is 13.0 Å². The molecule has 4 rings (SSSR count). The first-order valence-electron chi connectivity index (χ1n) is 8.04. The Morgan fingerprint density at radius 3 is 2.80 bits per heavy atom. The Balaban J connectivity index is 1.71. The Hall–Kier alpha value is -2.53. The molecular formula is C20H16FNO2S. The van der Waals surface area contributed by atoms with Crippen molar-refractivity contribution in [2.24, 2.45) is 0 Å². The molecule has 1 atom stereocenters. The highest BCUT2D eigenvalue weighted by Crippen LogP contribution is 2.45. The largest absolute Gasteiger partial charge is 0.468 e. The molecule has 1 aliphatic rings. The van der Waals surface area contributed by atoms with Gasteiger partial charge in [-0.25, -0.2) is 4.39 Å². The number of thioether (sulfide) groups is 1. The minimum absolute atomic E-state index is 0.00288. The molecule has 25 heavy (non-hydrogen) atoms. The highest BCUT2D eigenvalue weighted by molar-refractivity contribution is 7.99. The number of rotatable bonds is 3. The second-order valence-electron chi connectivity index (χ2n) is 5.90. The van der Waals surface area contributed by atoms with E-state index in [9.17, 15) is 9.18 Å². The van der Waals surface area contributed by atoms with E-state index in [2.05, 4.69) is 0 Å². The molecule has 2 aromatic carbocycles. The van der Waals surface area contributed by atoms with Gasteiger partial charge in [-0.3, -0.25) is 4.79 Å². The average Bonchev–Trinajstić information content (AvgIpc) is 3.10. The SMILES string of the molecule is O=C1CC(c2ccco2)Sc2ccccc2N1Cc1cccc(F)c1. The summed E-state index contributed by atoms with van der Waals surface area (Å²) in [6.45, 7) is 0.346. The fourth-order valence-corrected chi connectivity index (χ4v) is 4.24. The number of nitrogens with zero attached hydrogens (tertiary/aromatic N) is 1. The number of halogens is 1. The standard InChI is InChI=1S/C20H16FNO2S/c21-15-6-3-5-14(11-15)13-22-16-7-1-2-9-18(16)25-19(12-20(22)23)17-8-4-10-24-17/h1-11,19H,12-13H2. The molecule has 0 saturated heterocycles. The van der Waals surface area contributed by atoms with Crippen molar-refractivity contribution in [1.29, 1.82) is 0 Å². The van der Waals surface area contributed by atoms with E-state index < -0.39 is 0 Å². The van der Waals surface area contributed by atoms with Gasteiger partial charge in [0.25, 0.3) is 0 Å². The van der Waals surface area contributed by atoms with Crippen molar-refractivity contribution in [3.05, 3.63) is 84.1 Å². The third kappa shape index (κ3) is 3.33. The van der Waals surface area contributed by atoms with Crippen molar-refractivity contribution in [2.75, 3.05) is 4.90 Å². The first-order valence-corrected chi connectivity index (χ1v) is 8.92. The Bertz CT molecular complexity index is 894. The summed E-state index contributed by atoms with van der Waals surface area (Å²) in [7, 11) is 0. The summed E-state index contributed by atoms with van der Waals surface area (Å²) in [4.78, 5) is 15.7. The Kier molecular flexibility index (Phi) is 4.32.